The first-order chi connectivity index (χ1) is 10.2. The number of phenolic OH excluding ortho intramolecular Hbond substituents is 1. The zero-order chi connectivity index (χ0) is 14.7. The quantitative estimate of drug-likeness (QED) is 0.683. The van der Waals surface area contributed by atoms with Gasteiger partial charge in [0.25, 0.3) is 0 Å². The summed E-state index contributed by atoms with van der Waals surface area (Å²) in [6.45, 7) is 0.466. The second-order valence-electron chi connectivity index (χ2n) is 4.61. The Kier molecular flexibility index (Phi) is 3.42. The molecule has 0 atom stereocenters. The van der Waals surface area contributed by atoms with E-state index in [0.717, 1.165) is 11.3 Å². The fourth-order valence-corrected chi connectivity index (χ4v) is 2.04. The number of hydrogen-bond donors (Lipinski definition) is 3. The lowest BCUT2D eigenvalue weighted by atomic mass is 10.2. The molecule has 0 saturated carbocycles. The maximum Gasteiger partial charge on any atom is 0.241 e. The van der Waals surface area contributed by atoms with E-state index in [1.165, 1.54) is 0 Å². The first-order valence-corrected chi connectivity index (χ1v) is 6.51. The largest absolute Gasteiger partial charge is 0.508 e. The summed E-state index contributed by atoms with van der Waals surface area (Å²) in [5, 5.41) is 16.9. The lowest BCUT2D eigenvalue weighted by Gasteiger charge is -2.08. The average Bonchev–Trinajstić information content (AvgIpc) is 2.80. The van der Waals surface area contributed by atoms with Crippen molar-refractivity contribution in [2.75, 3.05) is 11.1 Å². The van der Waals surface area contributed by atoms with Gasteiger partial charge in [-0.05, 0) is 29.8 Å². The summed E-state index contributed by atoms with van der Waals surface area (Å²) in [6.07, 6.45) is 0. The molecule has 0 fully saturated rings. The number of para-hydroxylation sites is 1. The van der Waals surface area contributed by atoms with Crippen LogP contribution in [-0.2, 0) is 6.54 Å². The molecule has 1 heterocycles. The van der Waals surface area contributed by atoms with E-state index >= 15 is 0 Å². The van der Waals surface area contributed by atoms with Gasteiger partial charge in [-0.1, -0.05) is 30.3 Å². The number of rotatable bonds is 4. The topological polar surface area (TPSA) is 89.0 Å². The second-order valence-corrected chi connectivity index (χ2v) is 4.61. The summed E-state index contributed by atoms with van der Waals surface area (Å²) in [4.78, 5) is 4.18. The molecular weight excluding hydrogens is 266 g/mol. The van der Waals surface area contributed by atoms with Crippen LogP contribution in [0, 0.1) is 0 Å². The van der Waals surface area contributed by atoms with Crippen molar-refractivity contribution >= 4 is 17.6 Å². The molecule has 4 N–H and O–H groups in total. The van der Waals surface area contributed by atoms with Crippen LogP contribution in [0.3, 0.4) is 0 Å². The molecule has 3 rings (SSSR count). The van der Waals surface area contributed by atoms with E-state index in [4.69, 9.17) is 5.73 Å². The highest BCUT2D eigenvalue weighted by atomic mass is 16.3. The lowest BCUT2D eigenvalue weighted by molar-refractivity contribution is 0.474. The predicted molar refractivity (Wildman–Crippen MR) is 81.4 cm³/mol. The molecular formula is C15H15N5O. The lowest BCUT2D eigenvalue weighted by Crippen LogP contribution is -2.06. The van der Waals surface area contributed by atoms with Crippen molar-refractivity contribution in [3.05, 3.63) is 60.2 Å². The molecule has 0 unspecified atom stereocenters. The van der Waals surface area contributed by atoms with Gasteiger partial charge in [-0.2, -0.15) is 4.98 Å². The van der Waals surface area contributed by atoms with Crippen molar-refractivity contribution in [1.82, 2.24) is 14.8 Å². The molecule has 0 bridgehead atoms. The molecule has 0 radical (unpaired) electrons. The van der Waals surface area contributed by atoms with Crippen molar-refractivity contribution in [3.8, 4) is 5.75 Å². The third-order valence-corrected chi connectivity index (χ3v) is 2.96. The Morgan fingerprint density at radius 2 is 1.90 bits per heavy atom. The van der Waals surface area contributed by atoms with Crippen LogP contribution in [0.4, 0.5) is 17.6 Å². The number of benzene rings is 2. The van der Waals surface area contributed by atoms with Gasteiger partial charge >= 0.3 is 0 Å². The highest BCUT2D eigenvalue weighted by molar-refractivity contribution is 5.54. The van der Waals surface area contributed by atoms with Crippen molar-refractivity contribution in [2.24, 2.45) is 0 Å². The van der Waals surface area contributed by atoms with Crippen LogP contribution in [0.1, 0.15) is 5.56 Å². The molecule has 21 heavy (non-hydrogen) atoms. The molecule has 0 aliphatic carbocycles. The molecule has 6 heteroatoms. The van der Waals surface area contributed by atoms with Crippen LogP contribution in [0.2, 0.25) is 0 Å². The summed E-state index contributed by atoms with van der Waals surface area (Å²) in [6, 6.07) is 16.7. The highest BCUT2D eigenvalue weighted by Crippen LogP contribution is 2.18. The van der Waals surface area contributed by atoms with Crippen molar-refractivity contribution in [1.29, 1.82) is 0 Å². The maximum atomic E-state index is 9.52. The maximum absolute atomic E-state index is 9.52. The van der Waals surface area contributed by atoms with Gasteiger partial charge in [0, 0.05) is 5.69 Å². The number of nitrogen functional groups attached to an aromatic ring is 1. The number of phenols is 1. The number of aromatic nitrogens is 3. The first kappa shape index (κ1) is 13.0. The van der Waals surface area contributed by atoms with E-state index in [2.05, 4.69) is 15.4 Å². The standard InChI is InChI=1S/C15H15N5O/c16-14-18-15(17-12-6-2-1-3-7-12)20(19-14)10-11-5-4-8-13(21)9-11/h1-9,21H,10H2,(H3,16,17,18,19). The zero-order valence-corrected chi connectivity index (χ0v) is 11.3. The fourth-order valence-electron chi connectivity index (χ4n) is 2.04. The molecule has 1 aromatic heterocycles. The first-order valence-electron chi connectivity index (χ1n) is 6.51. The van der Waals surface area contributed by atoms with E-state index < -0.39 is 0 Å². The van der Waals surface area contributed by atoms with Gasteiger partial charge in [0.05, 0.1) is 6.54 Å². The van der Waals surface area contributed by atoms with E-state index in [1.807, 2.05) is 36.4 Å². The molecule has 3 aromatic rings. The third kappa shape index (κ3) is 3.11. The molecule has 6 nitrogen and oxygen atoms in total. The summed E-state index contributed by atoms with van der Waals surface area (Å²) < 4.78 is 1.66. The third-order valence-electron chi connectivity index (χ3n) is 2.96. The molecule has 0 spiro atoms. The van der Waals surface area contributed by atoms with Crippen LogP contribution in [0.25, 0.3) is 0 Å². The molecule has 0 saturated heterocycles. The summed E-state index contributed by atoms with van der Waals surface area (Å²) in [7, 11) is 0. The van der Waals surface area contributed by atoms with Crippen LogP contribution in [0.5, 0.6) is 5.75 Å². The summed E-state index contributed by atoms with van der Waals surface area (Å²) in [5.74, 6) is 0.980. The zero-order valence-electron chi connectivity index (χ0n) is 11.3. The van der Waals surface area contributed by atoms with Gasteiger partial charge in [0.1, 0.15) is 5.75 Å². The fraction of sp³-hybridized carbons (Fsp3) is 0.0667. The molecule has 0 aliphatic heterocycles. The second kappa shape index (κ2) is 5.54. The molecule has 2 aromatic carbocycles. The van der Waals surface area contributed by atoms with Crippen molar-refractivity contribution < 1.29 is 5.11 Å². The van der Waals surface area contributed by atoms with Gasteiger partial charge in [-0.15, -0.1) is 5.10 Å². The van der Waals surface area contributed by atoms with Gasteiger partial charge < -0.3 is 16.2 Å². The Morgan fingerprint density at radius 1 is 1.10 bits per heavy atom. The van der Waals surface area contributed by atoms with Gasteiger partial charge in [-0.25, -0.2) is 4.68 Å². The van der Waals surface area contributed by atoms with Crippen LogP contribution in [0.15, 0.2) is 54.6 Å². The normalized spacial score (nSPS) is 10.5. The number of nitrogens with one attached hydrogen (secondary N) is 1. The summed E-state index contributed by atoms with van der Waals surface area (Å²) >= 11 is 0. The predicted octanol–water partition coefficient (Wildman–Crippen LogP) is 2.36. The minimum atomic E-state index is 0.202. The monoisotopic (exact) mass is 281 g/mol. The highest BCUT2D eigenvalue weighted by Gasteiger charge is 2.09. The van der Waals surface area contributed by atoms with Crippen molar-refractivity contribution in [3.63, 3.8) is 0 Å². The smallest absolute Gasteiger partial charge is 0.241 e. The van der Waals surface area contributed by atoms with Crippen LogP contribution >= 0.6 is 0 Å². The van der Waals surface area contributed by atoms with Gasteiger partial charge in [-0.3, -0.25) is 0 Å². The SMILES string of the molecule is Nc1nc(Nc2ccccc2)n(Cc2cccc(O)c2)n1. The Labute approximate surface area is 121 Å². The Hall–Kier alpha value is -3.02. The number of nitrogens with two attached hydrogens (primary N) is 1. The molecule has 106 valence electrons. The van der Waals surface area contributed by atoms with Crippen LogP contribution in [-0.4, -0.2) is 19.9 Å². The number of hydrogen-bond acceptors (Lipinski definition) is 5. The van der Waals surface area contributed by atoms with Crippen LogP contribution < -0.4 is 11.1 Å². The van der Waals surface area contributed by atoms with E-state index in [-0.39, 0.29) is 11.7 Å². The Bertz CT molecular complexity index is 739. The van der Waals surface area contributed by atoms with Crippen molar-refractivity contribution in [2.45, 2.75) is 6.54 Å². The Balaban J connectivity index is 1.86. The number of nitrogens with zero attached hydrogens (tertiary/aromatic N) is 3. The molecule has 0 aliphatic rings. The summed E-state index contributed by atoms with van der Waals surface area (Å²) in [5.41, 5.74) is 7.50. The van der Waals surface area contributed by atoms with E-state index in [9.17, 15) is 5.11 Å². The molecule has 0 amide bonds. The van der Waals surface area contributed by atoms with E-state index in [1.54, 1.807) is 22.9 Å². The minimum Gasteiger partial charge on any atom is -0.508 e. The Morgan fingerprint density at radius 3 is 2.67 bits per heavy atom. The van der Waals surface area contributed by atoms with Gasteiger partial charge in [0.15, 0.2) is 0 Å². The minimum absolute atomic E-state index is 0.202. The number of aromatic hydroxyl groups is 1. The average molecular weight is 281 g/mol. The van der Waals surface area contributed by atoms with E-state index in [0.29, 0.717) is 12.5 Å². The van der Waals surface area contributed by atoms with Gasteiger partial charge in [0.2, 0.25) is 11.9 Å². The number of anilines is 3.